The van der Waals surface area contributed by atoms with Gasteiger partial charge in [-0.2, -0.15) is 0 Å². The van der Waals surface area contributed by atoms with Crippen molar-refractivity contribution in [2.45, 2.75) is 13.7 Å². The van der Waals surface area contributed by atoms with E-state index in [4.69, 9.17) is 9.47 Å². The van der Waals surface area contributed by atoms with E-state index in [1.807, 2.05) is 0 Å². The lowest BCUT2D eigenvalue weighted by Crippen LogP contribution is -2.19. The minimum absolute atomic E-state index is 0.0653. The third-order valence-electron chi connectivity index (χ3n) is 3.86. The number of carbonyl (C=O) groups is 1. The largest absolute Gasteiger partial charge is 0.464 e. The molecule has 144 valence electrons. The molecule has 0 aliphatic carbocycles. The molecule has 7 nitrogen and oxygen atoms in total. The number of hydrogen-bond acceptors (Lipinski definition) is 5. The molecule has 0 atom stereocenters. The van der Waals surface area contributed by atoms with Crippen molar-refractivity contribution in [3.63, 3.8) is 0 Å². The van der Waals surface area contributed by atoms with Crippen molar-refractivity contribution in [1.29, 1.82) is 0 Å². The van der Waals surface area contributed by atoms with Gasteiger partial charge >= 0.3 is 5.97 Å². The molecule has 2 aromatic rings. The first-order valence-corrected chi connectivity index (χ1v) is 11.2. The summed E-state index contributed by atoms with van der Waals surface area (Å²) in [6.07, 6.45) is 10.0. The minimum atomic E-state index is -0.631. The molecule has 0 spiro atoms. The van der Waals surface area contributed by atoms with Crippen LogP contribution in [0.3, 0.4) is 0 Å². The van der Waals surface area contributed by atoms with Gasteiger partial charge in [0.2, 0.25) is 0 Å². The third-order valence-corrected chi connectivity index (χ3v) is 5.25. The lowest BCUT2D eigenvalue weighted by molar-refractivity contribution is 0.0593. The zero-order valence-electron chi connectivity index (χ0n) is 16.2. The summed E-state index contributed by atoms with van der Waals surface area (Å²) in [5, 5.41) is 0. The average Bonchev–Trinajstić information content (AvgIpc) is 2.98. The predicted molar refractivity (Wildman–Crippen MR) is 105 cm³/mol. The van der Waals surface area contributed by atoms with Gasteiger partial charge in [0.05, 0.1) is 13.7 Å². The Morgan fingerprint density at radius 3 is 2.54 bits per heavy atom. The number of esters is 1. The molecule has 0 unspecified atom stereocenters. The van der Waals surface area contributed by atoms with Crippen molar-refractivity contribution < 1.29 is 14.3 Å². The van der Waals surface area contributed by atoms with Crippen molar-refractivity contribution in [2.75, 3.05) is 38.2 Å². The summed E-state index contributed by atoms with van der Waals surface area (Å²) >= 11 is 0. The molecule has 0 bridgehead atoms. The van der Waals surface area contributed by atoms with Crippen LogP contribution >= 0.6 is 10.0 Å². The number of carbonyl (C=O) groups excluding carboxylic acids is 1. The highest BCUT2D eigenvalue weighted by Crippen LogP contribution is 2.33. The van der Waals surface area contributed by atoms with Crippen molar-refractivity contribution >= 4 is 16.0 Å². The molecule has 2 rings (SSSR count). The van der Waals surface area contributed by atoms with Crippen LogP contribution in [0.4, 0.5) is 0 Å². The molecule has 0 amide bonds. The average molecular weight is 381 g/mol. The number of imidazole rings is 1. The molecule has 0 aliphatic heterocycles. The number of aryl methyl sites for hydroxylation is 2. The van der Waals surface area contributed by atoms with Gasteiger partial charge in [-0.3, -0.25) is 4.79 Å². The van der Waals surface area contributed by atoms with Crippen LogP contribution in [0.25, 0.3) is 11.4 Å². The second-order valence-corrected chi connectivity index (χ2v) is 11.7. The molecular weight excluding hydrogens is 354 g/mol. The molecule has 2 aromatic heterocycles. The number of ether oxygens (including phenoxy) is 2. The highest BCUT2D eigenvalue weighted by molar-refractivity contribution is 8.32. The maximum absolute atomic E-state index is 11.9. The summed E-state index contributed by atoms with van der Waals surface area (Å²) in [5.41, 5.74) is 1.49. The summed E-state index contributed by atoms with van der Waals surface area (Å²) in [6, 6.07) is 1.77. The summed E-state index contributed by atoms with van der Waals surface area (Å²) in [5.74, 6) is 1.05. The van der Waals surface area contributed by atoms with Crippen LogP contribution in [-0.2, 0) is 23.3 Å². The standard InChI is InChI=1S/C18H27N3O4S/c1-13-9-14(10-20(2)17(13)22)16-19-15(18(23)24-3)11-21(16)12-25-7-8-26(4,5)6/h9-11H,7-8,12H2,1-6H3. The van der Waals surface area contributed by atoms with Gasteiger partial charge in [-0.05, 0) is 31.8 Å². The van der Waals surface area contributed by atoms with E-state index in [0.717, 1.165) is 11.3 Å². The van der Waals surface area contributed by atoms with Crippen molar-refractivity contribution in [2.24, 2.45) is 7.05 Å². The van der Waals surface area contributed by atoms with Gasteiger partial charge in [0.15, 0.2) is 5.69 Å². The first-order valence-electron chi connectivity index (χ1n) is 8.19. The van der Waals surface area contributed by atoms with Gasteiger partial charge in [0.1, 0.15) is 12.6 Å². The SMILES string of the molecule is COC(=O)c1cn(COCCS(C)(C)C)c(-c2cc(C)c(=O)n(C)c2)n1. The van der Waals surface area contributed by atoms with Crippen LogP contribution in [0.5, 0.6) is 0 Å². The second-order valence-electron chi connectivity index (χ2n) is 7.07. The van der Waals surface area contributed by atoms with Gasteiger partial charge in [0.25, 0.3) is 5.56 Å². The Morgan fingerprint density at radius 2 is 1.96 bits per heavy atom. The highest BCUT2D eigenvalue weighted by atomic mass is 32.3. The first-order chi connectivity index (χ1) is 12.1. The van der Waals surface area contributed by atoms with Crippen LogP contribution in [0.2, 0.25) is 0 Å². The second kappa shape index (κ2) is 8.09. The molecule has 0 aliphatic rings. The summed E-state index contributed by atoms with van der Waals surface area (Å²) in [4.78, 5) is 28.2. The maximum Gasteiger partial charge on any atom is 0.358 e. The van der Waals surface area contributed by atoms with E-state index in [0.29, 0.717) is 18.0 Å². The monoisotopic (exact) mass is 381 g/mol. The minimum Gasteiger partial charge on any atom is -0.464 e. The Hall–Kier alpha value is -2.06. The van der Waals surface area contributed by atoms with Crippen LogP contribution in [-0.4, -0.2) is 58.3 Å². The number of pyridine rings is 1. The van der Waals surface area contributed by atoms with E-state index in [1.165, 1.54) is 11.7 Å². The Morgan fingerprint density at radius 1 is 1.27 bits per heavy atom. The first kappa shape index (κ1) is 20.3. The van der Waals surface area contributed by atoms with E-state index < -0.39 is 16.0 Å². The van der Waals surface area contributed by atoms with Gasteiger partial charge in [-0.15, -0.1) is 0 Å². The lowest BCUT2D eigenvalue weighted by Gasteiger charge is -2.24. The van der Waals surface area contributed by atoms with E-state index in [2.05, 4.69) is 23.8 Å². The van der Waals surface area contributed by atoms with Crippen LogP contribution in [0.15, 0.2) is 23.3 Å². The number of rotatable bonds is 7. The molecule has 8 heteroatoms. The highest BCUT2D eigenvalue weighted by Gasteiger charge is 2.17. The van der Waals surface area contributed by atoms with Gasteiger partial charge < -0.3 is 18.6 Å². The molecule has 2 heterocycles. The van der Waals surface area contributed by atoms with Gasteiger partial charge in [-0.25, -0.2) is 19.8 Å². The quantitative estimate of drug-likeness (QED) is 0.542. The maximum atomic E-state index is 11.9. The van der Waals surface area contributed by atoms with Gasteiger partial charge in [-0.1, -0.05) is 0 Å². The zero-order valence-corrected chi connectivity index (χ0v) is 17.1. The molecule has 0 saturated heterocycles. The number of nitrogens with zero attached hydrogens (tertiary/aromatic N) is 3. The summed E-state index contributed by atoms with van der Waals surface area (Å²) < 4.78 is 13.8. The lowest BCUT2D eigenvalue weighted by atomic mass is 10.2. The fraction of sp³-hybridized carbons (Fsp3) is 0.500. The summed E-state index contributed by atoms with van der Waals surface area (Å²) in [7, 11) is 2.38. The van der Waals surface area contributed by atoms with E-state index in [1.54, 1.807) is 37.0 Å². The van der Waals surface area contributed by atoms with Crippen molar-refractivity contribution in [1.82, 2.24) is 14.1 Å². The fourth-order valence-corrected chi connectivity index (χ4v) is 3.04. The van der Waals surface area contributed by atoms with Crippen molar-refractivity contribution in [3.8, 4) is 11.4 Å². The molecule has 0 aromatic carbocycles. The van der Waals surface area contributed by atoms with Crippen LogP contribution in [0.1, 0.15) is 16.1 Å². The third kappa shape index (κ3) is 4.98. The normalized spacial score (nSPS) is 12.2. The Kier molecular flexibility index (Phi) is 6.30. The number of methoxy groups -OCH3 is 1. The smallest absolute Gasteiger partial charge is 0.358 e. The Balaban J connectivity index is 2.33. The molecule has 0 saturated carbocycles. The molecule has 0 fully saturated rings. The van der Waals surface area contributed by atoms with E-state index in [9.17, 15) is 9.59 Å². The van der Waals surface area contributed by atoms with Crippen LogP contribution < -0.4 is 5.56 Å². The molecule has 0 radical (unpaired) electrons. The Labute approximate surface area is 155 Å². The molecule has 26 heavy (non-hydrogen) atoms. The van der Waals surface area contributed by atoms with E-state index in [-0.39, 0.29) is 18.0 Å². The summed E-state index contributed by atoms with van der Waals surface area (Å²) in [6.45, 7) is 2.66. The van der Waals surface area contributed by atoms with E-state index >= 15 is 0 Å². The Bertz CT molecular complexity index is 823. The fourth-order valence-electron chi connectivity index (χ4n) is 2.42. The zero-order chi connectivity index (χ0) is 19.5. The molecule has 0 N–H and O–H groups in total. The topological polar surface area (TPSA) is 75.3 Å². The van der Waals surface area contributed by atoms with Gasteiger partial charge in [0, 0.05) is 36.3 Å². The number of aromatic nitrogens is 3. The van der Waals surface area contributed by atoms with Crippen LogP contribution in [0, 0.1) is 6.92 Å². The number of hydrogen-bond donors (Lipinski definition) is 0. The predicted octanol–water partition coefficient (Wildman–Crippen LogP) is 2.01. The van der Waals surface area contributed by atoms with Crippen molar-refractivity contribution in [3.05, 3.63) is 40.1 Å². The molecular formula is C18H27N3O4S.